The molecule has 7 heterocycles. The fourth-order valence-corrected chi connectivity index (χ4v) is 10.6. The number of aliphatic hydroxyl groups is 2. The normalized spacial score (nSPS) is 45.5. The van der Waals surface area contributed by atoms with E-state index >= 15 is 0 Å². The van der Waals surface area contributed by atoms with Gasteiger partial charge in [0.2, 0.25) is 0 Å². The van der Waals surface area contributed by atoms with Crippen LogP contribution < -0.4 is 29.6 Å². The molecule has 0 aliphatic carbocycles. The predicted molar refractivity (Wildman–Crippen MR) is 220 cm³/mol. The summed E-state index contributed by atoms with van der Waals surface area (Å²) < 4.78 is 66.0. The van der Waals surface area contributed by atoms with E-state index < -0.39 is 120 Å². The maximum absolute atomic E-state index is 15.0. The number of allylic oxidation sites excluding steroid dienone is 1. The summed E-state index contributed by atoms with van der Waals surface area (Å²) in [6.07, 6.45) is 1.92. The molecule has 16 atom stereocenters. The van der Waals surface area contributed by atoms with Crippen molar-refractivity contribution in [2.75, 3.05) is 0 Å². The standard InChI is InChI=1S/C45H72BO15.Na/c1-10-11-20-37(49)53-28(4)31-17-13-12-14-18-33(47)42(6,7)35-23-21-27(3)45(56-35)39-41(51)55-32-25-30(52-29(32)5)16-15-19-34(48)43(8,9)36-24-22-26(2)44(57-36)38(40(50)54-31)58-46(59-39,60-44)61-45;/h12-13,26-36,38-39,47-48H,10-11,14-25H2,1-9H3;/q-1;+1/b13-12-;/t26-,27-,28-,29-,30-,31+,32+,33+,34-,35+,36+,38+,39+,44+,45+,46?;/m1./s1. The second-order valence-corrected chi connectivity index (χ2v) is 20.3. The summed E-state index contributed by atoms with van der Waals surface area (Å²) in [6, 6.07) is 0. The number of carbonyl (C=O) groups excluding carboxylic acids is 3. The molecule has 3 spiro atoms. The maximum Gasteiger partial charge on any atom is 1.00 e. The Bertz CT molecular complexity index is 1630. The molecule has 0 aromatic heterocycles. The van der Waals surface area contributed by atoms with E-state index in [0.717, 1.165) is 6.42 Å². The summed E-state index contributed by atoms with van der Waals surface area (Å²) >= 11 is 0. The van der Waals surface area contributed by atoms with E-state index in [0.29, 0.717) is 70.6 Å². The molecule has 0 amide bonds. The van der Waals surface area contributed by atoms with Gasteiger partial charge in [-0.3, -0.25) is 4.79 Å². The molecule has 1 unspecified atom stereocenters. The van der Waals surface area contributed by atoms with Gasteiger partial charge in [0, 0.05) is 41.9 Å². The van der Waals surface area contributed by atoms with Gasteiger partial charge in [-0.2, -0.15) is 0 Å². The van der Waals surface area contributed by atoms with Crippen LogP contribution in [0.3, 0.4) is 0 Å². The Labute approximate surface area is 389 Å². The van der Waals surface area contributed by atoms with Gasteiger partial charge >= 0.3 is 54.4 Å². The van der Waals surface area contributed by atoms with Crippen LogP contribution in [0.25, 0.3) is 0 Å². The first-order chi connectivity index (χ1) is 28.8. The number of hydrogen-bond acceptors (Lipinski definition) is 15. The van der Waals surface area contributed by atoms with Gasteiger partial charge in [0.1, 0.15) is 18.3 Å². The van der Waals surface area contributed by atoms with Crippen molar-refractivity contribution in [3.8, 4) is 0 Å². The summed E-state index contributed by atoms with van der Waals surface area (Å²) in [4.78, 5) is 42.6. The van der Waals surface area contributed by atoms with Crippen molar-refractivity contribution in [2.24, 2.45) is 22.7 Å². The topological polar surface area (TPSA) is 184 Å². The zero-order chi connectivity index (χ0) is 44.1. The quantitative estimate of drug-likeness (QED) is 0.178. The summed E-state index contributed by atoms with van der Waals surface area (Å²) in [5.74, 6) is -6.74. The first kappa shape index (κ1) is 50.3. The van der Waals surface area contributed by atoms with Crippen LogP contribution >= 0.6 is 0 Å². The van der Waals surface area contributed by atoms with Crippen molar-refractivity contribution in [3.63, 3.8) is 0 Å². The van der Waals surface area contributed by atoms with Gasteiger partial charge in [0.25, 0.3) is 0 Å². The Balaban J connectivity index is 0.00000641. The molecular weight excluding hydrogens is 814 g/mol. The molecule has 346 valence electrons. The Kier molecular flexibility index (Phi) is 15.9. The zero-order valence-corrected chi connectivity index (χ0v) is 40.8. The summed E-state index contributed by atoms with van der Waals surface area (Å²) in [6.45, 7) is 13.6. The largest absolute Gasteiger partial charge is 1.00 e. The number of ether oxygens (including phenoxy) is 6. The van der Waals surface area contributed by atoms with E-state index in [2.05, 4.69) is 0 Å². The number of unbranched alkanes of at least 4 members (excludes halogenated alkanes) is 1. The zero-order valence-electron chi connectivity index (χ0n) is 38.8. The Morgan fingerprint density at radius 2 is 1.39 bits per heavy atom. The van der Waals surface area contributed by atoms with Crippen LogP contribution in [0, 0.1) is 22.7 Å². The molecule has 7 rings (SSSR count). The van der Waals surface area contributed by atoms with Crippen LogP contribution in [-0.4, -0.2) is 114 Å². The molecule has 6 fully saturated rings. The number of fused-ring (bicyclic) bond motifs is 6. The van der Waals surface area contributed by atoms with Crippen molar-refractivity contribution >= 4 is 24.9 Å². The Morgan fingerprint density at radius 1 is 0.823 bits per heavy atom. The molecule has 7 aliphatic heterocycles. The van der Waals surface area contributed by atoms with E-state index in [-0.39, 0.29) is 48.5 Å². The third-order valence-electron chi connectivity index (χ3n) is 15.2. The third kappa shape index (κ3) is 9.65. The minimum Gasteiger partial charge on any atom is -0.504 e. The molecule has 17 heteroatoms. The smallest absolute Gasteiger partial charge is 0.504 e. The van der Waals surface area contributed by atoms with Crippen LogP contribution in [0.1, 0.15) is 152 Å². The average Bonchev–Trinajstić information content (AvgIpc) is 3.83. The maximum atomic E-state index is 15.0. The number of hydrogen-bond donors (Lipinski definition) is 2. The first-order valence-electron chi connectivity index (χ1n) is 23.3. The molecule has 0 aromatic rings. The van der Waals surface area contributed by atoms with Crippen molar-refractivity contribution < 1.29 is 101 Å². The number of aliphatic hydroxyl groups excluding tert-OH is 2. The summed E-state index contributed by atoms with van der Waals surface area (Å²) in [7, 11) is 0. The third-order valence-corrected chi connectivity index (χ3v) is 15.2. The summed E-state index contributed by atoms with van der Waals surface area (Å²) in [5.41, 5.74) is -1.65. The van der Waals surface area contributed by atoms with E-state index in [4.69, 9.17) is 47.0 Å². The van der Waals surface area contributed by atoms with Crippen LogP contribution in [-0.2, 0) is 61.4 Å². The molecule has 2 N–H and O–H groups in total. The van der Waals surface area contributed by atoms with E-state index in [9.17, 15) is 24.6 Å². The SMILES string of the molecule is CCCCC(=O)O[C@H](C)[C@@H]1C/C=C\CC[C@H](O)C(C)(C)[C@@H]2CC[C@@H](C)[C@]3(O2)O[B-]24O[C@@H](C(=O)O1)[C@@]1(O[C@@H](CC[C@H]1C)C(C)(C)[C@H](O)CCC[C@@H]1C[C@H](OC(=O)[C@@H]3O2)[C@@H](C)O1)O4.[Na+]. The second-order valence-electron chi connectivity index (χ2n) is 20.3. The molecule has 0 saturated carbocycles. The van der Waals surface area contributed by atoms with Crippen molar-refractivity contribution in [2.45, 2.75) is 231 Å². The van der Waals surface area contributed by atoms with E-state index in [1.807, 2.05) is 67.5 Å². The van der Waals surface area contributed by atoms with E-state index in [1.165, 1.54) is 0 Å². The molecule has 62 heavy (non-hydrogen) atoms. The van der Waals surface area contributed by atoms with Crippen molar-refractivity contribution in [1.29, 1.82) is 0 Å². The first-order valence-corrected chi connectivity index (χ1v) is 23.3. The van der Waals surface area contributed by atoms with Gasteiger partial charge in [-0.05, 0) is 78.1 Å². The number of cyclic esters (lactones) is 1. The fourth-order valence-electron chi connectivity index (χ4n) is 10.6. The van der Waals surface area contributed by atoms with Gasteiger partial charge in [0.05, 0.1) is 36.6 Å². The van der Waals surface area contributed by atoms with Gasteiger partial charge < -0.3 is 57.3 Å². The van der Waals surface area contributed by atoms with E-state index in [1.54, 1.807) is 6.92 Å². The Hall–Kier alpha value is -1.15. The minimum atomic E-state index is -3.50. The molecule has 0 radical (unpaired) electrons. The van der Waals surface area contributed by atoms with Crippen LogP contribution in [0.15, 0.2) is 12.2 Å². The van der Waals surface area contributed by atoms with Crippen LogP contribution in [0.4, 0.5) is 0 Å². The van der Waals surface area contributed by atoms with Crippen LogP contribution in [0.2, 0.25) is 0 Å². The van der Waals surface area contributed by atoms with Gasteiger partial charge in [-0.25, -0.2) is 9.59 Å². The van der Waals surface area contributed by atoms with Gasteiger partial charge in [0.15, 0.2) is 23.8 Å². The number of esters is 3. The molecule has 7 aliphatic rings. The minimum absolute atomic E-state index is 0. The molecular formula is C45H72BNaO15. The fraction of sp³-hybridized carbons (Fsp3) is 0.889. The monoisotopic (exact) mass is 886 g/mol. The van der Waals surface area contributed by atoms with Crippen molar-refractivity contribution in [1.82, 2.24) is 0 Å². The van der Waals surface area contributed by atoms with Gasteiger partial charge in [-0.1, -0.05) is 67.0 Å². The molecule has 0 aromatic carbocycles. The van der Waals surface area contributed by atoms with Crippen LogP contribution in [0.5, 0.6) is 0 Å². The van der Waals surface area contributed by atoms with Crippen molar-refractivity contribution in [3.05, 3.63) is 12.2 Å². The summed E-state index contributed by atoms with van der Waals surface area (Å²) in [5, 5.41) is 23.6. The average molecular weight is 887 g/mol. The Morgan fingerprint density at radius 3 is 1.97 bits per heavy atom. The van der Waals surface area contributed by atoms with Gasteiger partial charge in [-0.15, -0.1) is 0 Å². The molecule has 15 nitrogen and oxygen atoms in total. The molecule has 6 saturated heterocycles. The molecule has 9 bridgehead atoms. The number of rotatable bonds is 5. The second kappa shape index (κ2) is 19.6. The number of carbonyl (C=O) groups is 3. The predicted octanol–water partition coefficient (Wildman–Crippen LogP) is 3.10.